The van der Waals surface area contributed by atoms with Gasteiger partial charge in [0, 0.05) is 12.6 Å². The maximum atomic E-state index is 14.3. The second kappa shape index (κ2) is 7.33. The van der Waals surface area contributed by atoms with Gasteiger partial charge in [-0.05, 0) is 47.1 Å². The van der Waals surface area contributed by atoms with Crippen molar-refractivity contribution in [3.05, 3.63) is 68.2 Å². The molecular formula is C19H14BrFN4O2S. The summed E-state index contributed by atoms with van der Waals surface area (Å²) in [4.78, 5) is 21.5. The molecule has 0 unspecified atom stereocenters. The lowest BCUT2D eigenvalue weighted by atomic mass is 10.1. The van der Waals surface area contributed by atoms with E-state index in [2.05, 4.69) is 31.2 Å². The van der Waals surface area contributed by atoms with E-state index in [0.29, 0.717) is 11.7 Å². The van der Waals surface area contributed by atoms with Gasteiger partial charge in [0.1, 0.15) is 0 Å². The summed E-state index contributed by atoms with van der Waals surface area (Å²) < 4.78 is 22.3. The van der Waals surface area contributed by atoms with Crippen LogP contribution < -0.4 is 11.0 Å². The normalized spacial score (nSPS) is 11.0. The van der Waals surface area contributed by atoms with E-state index in [-0.39, 0.29) is 11.6 Å². The Hall–Kier alpha value is -2.78. The van der Waals surface area contributed by atoms with Gasteiger partial charge in [-0.3, -0.25) is 0 Å². The summed E-state index contributed by atoms with van der Waals surface area (Å²) in [5.74, 6) is 0.102. The lowest BCUT2D eigenvalue weighted by Crippen LogP contribution is -2.23. The van der Waals surface area contributed by atoms with Crippen LogP contribution in [0.15, 0.2) is 55.6 Å². The molecule has 9 heteroatoms. The number of anilines is 1. The number of oxazole rings is 1. The first-order valence-electron chi connectivity index (χ1n) is 8.27. The van der Waals surface area contributed by atoms with Gasteiger partial charge >= 0.3 is 5.69 Å². The highest BCUT2D eigenvalue weighted by atomic mass is 79.9. The molecule has 142 valence electrons. The summed E-state index contributed by atoms with van der Waals surface area (Å²) in [6.45, 7) is 1.96. The maximum Gasteiger partial charge on any atom is 0.355 e. The van der Waals surface area contributed by atoms with Gasteiger partial charge < -0.3 is 9.73 Å². The van der Waals surface area contributed by atoms with Crippen LogP contribution in [0.1, 0.15) is 5.56 Å². The van der Waals surface area contributed by atoms with E-state index in [9.17, 15) is 9.18 Å². The summed E-state index contributed by atoms with van der Waals surface area (Å²) in [5, 5.41) is 2.55. The number of aromatic nitrogens is 3. The van der Waals surface area contributed by atoms with E-state index < -0.39 is 11.5 Å². The first kappa shape index (κ1) is 18.6. The number of rotatable bonds is 4. The Balaban J connectivity index is 1.96. The number of aryl methyl sites for hydroxylation is 1. The summed E-state index contributed by atoms with van der Waals surface area (Å²) in [6, 6.07) is 11.4. The molecule has 0 atom stereocenters. The van der Waals surface area contributed by atoms with Crippen molar-refractivity contribution in [1.29, 1.82) is 0 Å². The van der Waals surface area contributed by atoms with Gasteiger partial charge in [-0.15, -0.1) is 11.3 Å². The minimum atomic E-state index is -0.666. The Labute approximate surface area is 171 Å². The van der Waals surface area contributed by atoms with Crippen molar-refractivity contribution in [3.8, 4) is 27.9 Å². The molecule has 1 N–H and O–H groups in total. The van der Waals surface area contributed by atoms with E-state index in [0.717, 1.165) is 30.6 Å². The van der Waals surface area contributed by atoms with Crippen molar-refractivity contribution in [2.75, 3.05) is 12.4 Å². The van der Waals surface area contributed by atoms with Gasteiger partial charge in [-0.1, -0.05) is 17.7 Å². The molecule has 0 bridgehead atoms. The molecule has 4 aromatic rings. The highest BCUT2D eigenvalue weighted by Gasteiger charge is 2.22. The second-order valence-corrected chi connectivity index (χ2v) is 8.45. The molecule has 3 heterocycles. The van der Waals surface area contributed by atoms with Gasteiger partial charge in [0.05, 0.1) is 14.9 Å². The molecule has 6 nitrogen and oxygen atoms in total. The molecule has 0 amide bonds. The highest BCUT2D eigenvalue weighted by Crippen LogP contribution is 2.37. The quantitative estimate of drug-likeness (QED) is 0.470. The molecule has 28 heavy (non-hydrogen) atoms. The maximum absolute atomic E-state index is 14.3. The number of benzene rings is 1. The van der Waals surface area contributed by atoms with Crippen LogP contribution in [-0.4, -0.2) is 21.6 Å². The zero-order chi connectivity index (χ0) is 19.8. The third-order valence-corrected chi connectivity index (χ3v) is 5.64. The van der Waals surface area contributed by atoms with Crippen LogP contribution in [0.2, 0.25) is 0 Å². The van der Waals surface area contributed by atoms with Gasteiger partial charge in [0.15, 0.2) is 23.2 Å². The van der Waals surface area contributed by atoms with E-state index in [1.165, 1.54) is 18.4 Å². The smallest absolute Gasteiger partial charge is 0.355 e. The van der Waals surface area contributed by atoms with Crippen molar-refractivity contribution in [2.24, 2.45) is 0 Å². The van der Waals surface area contributed by atoms with Crippen LogP contribution in [0, 0.1) is 12.7 Å². The van der Waals surface area contributed by atoms with Crippen molar-refractivity contribution in [3.63, 3.8) is 0 Å². The third kappa shape index (κ3) is 3.38. The standard InChI is InChI=1S/C19H14BrFN4O2S/c1-10-4-3-5-11(8-10)18-24-17(15(27-18)13-6-7-14(20)28-13)25-9-12(21)16(22-2)23-19(25)26/h3-9H,1-2H3,(H,22,23,26). The van der Waals surface area contributed by atoms with Crippen molar-refractivity contribution in [1.82, 2.24) is 14.5 Å². The van der Waals surface area contributed by atoms with Gasteiger partial charge in [0.25, 0.3) is 0 Å². The Kier molecular flexibility index (Phi) is 4.86. The van der Waals surface area contributed by atoms with Gasteiger partial charge in [0.2, 0.25) is 5.89 Å². The minimum Gasteiger partial charge on any atom is -0.433 e. The largest absolute Gasteiger partial charge is 0.433 e. The van der Waals surface area contributed by atoms with Crippen LogP contribution in [0.5, 0.6) is 0 Å². The molecule has 4 rings (SSSR count). The van der Waals surface area contributed by atoms with Crippen LogP contribution in [0.4, 0.5) is 10.2 Å². The fourth-order valence-electron chi connectivity index (χ4n) is 2.73. The fraction of sp³-hybridized carbons (Fsp3) is 0.105. The predicted molar refractivity (Wildman–Crippen MR) is 111 cm³/mol. The molecular weight excluding hydrogens is 447 g/mol. The van der Waals surface area contributed by atoms with Crippen molar-refractivity contribution < 1.29 is 8.81 Å². The fourth-order valence-corrected chi connectivity index (χ4v) is 4.10. The Morgan fingerprint density at radius 3 is 2.75 bits per heavy atom. The lowest BCUT2D eigenvalue weighted by Gasteiger charge is -2.05. The zero-order valence-electron chi connectivity index (χ0n) is 14.9. The van der Waals surface area contributed by atoms with E-state index in [4.69, 9.17) is 4.42 Å². The number of hydrogen-bond donors (Lipinski definition) is 1. The molecule has 1 aromatic carbocycles. The monoisotopic (exact) mass is 460 g/mol. The molecule has 0 fully saturated rings. The average Bonchev–Trinajstić information content (AvgIpc) is 3.29. The highest BCUT2D eigenvalue weighted by molar-refractivity contribution is 9.11. The number of nitrogens with zero attached hydrogens (tertiary/aromatic N) is 3. The van der Waals surface area contributed by atoms with Crippen LogP contribution in [0.25, 0.3) is 27.9 Å². The first-order valence-corrected chi connectivity index (χ1v) is 9.88. The van der Waals surface area contributed by atoms with Gasteiger partial charge in [-0.25, -0.2) is 13.8 Å². The lowest BCUT2D eigenvalue weighted by molar-refractivity contribution is 0.587. The van der Waals surface area contributed by atoms with E-state index in [1.807, 2.05) is 43.3 Å². The Bertz CT molecular complexity index is 1230. The Morgan fingerprint density at radius 2 is 2.07 bits per heavy atom. The molecule has 0 aliphatic rings. The van der Waals surface area contributed by atoms with E-state index >= 15 is 0 Å². The number of halogens is 2. The summed E-state index contributed by atoms with van der Waals surface area (Å²) in [6.07, 6.45) is 1.06. The second-order valence-electron chi connectivity index (χ2n) is 5.99. The zero-order valence-corrected chi connectivity index (χ0v) is 17.3. The molecule has 0 aliphatic heterocycles. The molecule has 0 radical (unpaired) electrons. The number of nitrogens with one attached hydrogen (secondary N) is 1. The molecule has 0 spiro atoms. The van der Waals surface area contributed by atoms with E-state index in [1.54, 1.807) is 0 Å². The topological polar surface area (TPSA) is 73.0 Å². The van der Waals surface area contributed by atoms with Gasteiger partial charge in [-0.2, -0.15) is 9.97 Å². The molecule has 3 aromatic heterocycles. The number of thiophene rings is 1. The van der Waals surface area contributed by atoms with Crippen LogP contribution in [-0.2, 0) is 0 Å². The Morgan fingerprint density at radius 1 is 1.25 bits per heavy atom. The SMILES string of the molecule is CNc1nc(=O)n(-c2nc(-c3cccc(C)c3)oc2-c2ccc(Br)s2)cc1F. The first-order chi connectivity index (χ1) is 13.5. The summed E-state index contributed by atoms with van der Waals surface area (Å²) in [5.41, 5.74) is 1.14. The number of hydrogen-bond acceptors (Lipinski definition) is 6. The van der Waals surface area contributed by atoms with Crippen molar-refractivity contribution in [2.45, 2.75) is 6.92 Å². The third-order valence-electron chi connectivity index (χ3n) is 4.02. The van der Waals surface area contributed by atoms with Crippen molar-refractivity contribution >= 4 is 33.1 Å². The average molecular weight is 461 g/mol. The molecule has 0 saturated heterocycles. The minimum absolute atomic E-state index is 0.121. The van der Waals surface area contributed by atoms with Crippen LogP contribution in [0.3, 0.4) is 0 Å². The molecule has 0 aliphatic carbocycles. The van der Waals surface area contributed by atoms with Crippen LogP contribution >= 0.6 is 27.3 Å². The predicted octanol–water partition coefficient (Wildman–Crippen LogP) is 4.87. The summed E-state index contributed by atoms with van der Waals surface area (Å²) in [7, 11) is 1.50. The molecule has 0 saturated carbocycles. The summed E-state index contributed by atoms with van der Waals surface area (Å²) >= 11 is 4.84.